The zero-order valence-electron chi connectivity index (χ0n) is 21.2. The molecule has 7 heteroatoms. The summed E-state index contributed by atoms with van der Waals surface area (Å²) >= 11 is 0. The Kier molecular flexibility index (Phi) is 6.17. The van der Waals surface area contributed by atoms with Crippen LogP contribution in [-0.2, 0) is 16.1 Å². The van der Waals surface area contributed by atoms with Gasteiger partial charge in [-0.2, -0.15) is 0 Å². The maximum absolute atomic E-state index is 14.7. The molecule has 0 atom stereocenters. The van der Waals surface area contributed by atoms with Crippen molar-refractivity contribution in [2.24, 2.45) is 11.3 Å². The Labute approximate surface area is 216 Å². The SMILES string of the molecule is COC(=O)C1CC2(CC(NC(=O)c3ccc(F)c4ccn(Cc5ccc(OC6CCCC6)cc5)c34)C2)C1. The van der Waals surface area contributed by atoms with Crippen LogP contribution in [0.5, 0.6) is 5.75 Å². The first-order valence-corrected chi connectivity index (χ1v) is 13.3. The number of amides is 1. The van der Waals surface area contributed by atoms with Crippen molar-refractivity contribution in [2.75, 3.05) is 7.11 Å². The molecule has 1 aromatic heterocycles. The predicted molar refractivity (Wildman–Crippen MR) is 138 cm³/mol. The minimum absolute atomic E-state index is 0.00927. The summed E-state index contributed by atoms with van der Waals surface area (Å²) in [7, 11) is 1.43. The van der Waals surface area contributed by atoms with E-state index in [1.165, 1.54) is 26.0 Å². The lowest BCUT2D eigenvalue weighted by Gasteiger charge is -2.56. The van der Waals surface area contributed by atoms with Gasteiger partial charge in [0.2, 0.25) is 0 Å². The Bertz CT molecular complexity index is 1310. The second-order valence-electron chi connectivity index (χ2n) is 11.2. The van der Waals surface area contributed by atoms with Gasteiger partial charge in [-0.3, -0.25) is 9.59 Å². The van der Waals surface area contributed by atoms with E-state index in [1.807, 2.05) is 35.0 Å². The molecule has 3 fully saturated rings. The molecule has 1 heterocycles. The number of ether oxygens (including phenoxy) is 2. The van der Waals surface area contributed by atoms with E-state index in [0.717, 1.165) is 49.8 Å². The number of benzene rings is 2. The van der Waals surface area contributed by atoms with Crippen molar-refractivity contribution >= 4 is 22.8 Å². The molecule has 37 heavy (non-hydrogen) atoms. The second-order valence-corrected chi connectivity index (χ2v) is 11.2. The minimum atomic E-state index is -0.337. The fourth-order valence-electron chi connectivity index (χ4n) is 6.68. The highest BCUT2D eigenvalue weighted by Gasteiger charge is 2.55. The van der Waals surface area contributed by atoms with Crippen LogP contribution in [0, 0.1) is 17.2 Å². The summed E-state index contributed by atoms with van der Waals surface area (Å²) in [4.78, 5) is 25.0. The van der Waals surface area contributed by atoms with Gasteiger partial charge in [0.25, 0.3) is 5.91 Å². The topological polar surface area (TPSA) is 69.6 Å². The Hall–Kier alpha value is -3.35. The first kappa shape index (κ1) is 24.0. The van der Waals surface area contributed by atoms with Crippen LogP contribution in [0.1, 0.15) is 67.3 Å². The van der Waals surface area contributed by atoms with Gasteiger partial charge >= 0.3 is 5.97 Å². The third-order valence-electron chi connectivity index (χ3n) is 8.59. The molecule has 3 aliphatic rings. The minimum Gasteiger partial charge on any atom is -0.490 e. The van der Waals surface area contributed by atoms with Crippen LogP contribution in [-0.4, -0.2) is 35.7 Å². The molecule has 0 saturated heterocycles. The average molecular weight is 505 g/mol. The van der Waals surface area contributed by atoms with Gasteiger partial charge in [-0.05, 0) is 92.7 Å². The summed E-state index contributed by atoms with van der Waals surface area (Å²) in [6.45, 7) is 0.526. The molecule has 2 aromatic carbocycles. The molecule has 1 spiro atoms. The van der Waals surface area contributed by atoms with E-state index in [0.29, 0.717) is 29.1 Å². The van der Waals surface area contributed by atoms with Crippen LogP contribution < -0.4 is 10.1 Å². The molecule has 3 aliphatic carbocycles. The number of hydrogen-bond donors (Lipinski definition) is 1. The molecule has 3 aromatic rings. The number of halogens is 1. The Balaban J connectivity index is 1.14. The number of hydrogen-bond acceptors (Lipinski definition) is 4. The summed E-state index contributed by atoms with van der Waals surface area (Å²) < 4.78 is 27.5. The maximum Gasteiger partial charge on any atom is 0.308 e. The van der Waals surface area contributed by atoms with Crippen molar-refractivity contribution in [1.29, 1.82) is 0 Å². The summed E-state index contributed by atoms with van der Waals surface area (Å²) in [6.07, 6.45) is 10.2. The Morgan fingerprint density at radius 3 is 2.46 bits per heavy atom. The van der Waals surface area contributed by atoms with E-state index in [-0.39, 0.29) is 35.1 Å². The lowest BCUT2D eigenvalue weighted by molar-refractivity contribution is -0.159. The normalized spacial score (nSPS) is 25.0. The number of methoxy groups -OCH3 is 1. The van der Waals surface area contributed by atoms with Crippen molar-refractivity contribution < 1.29 is 23.5 Å². The summed E-state index contributed by atoms with van der Waals surface area (Å²) in [5.74, 6) is 0.209. The van der Waals surface area contributed by atoms with E-state index in [4.69, 9.17) is 9.47 Å². The molecule has 1 amide bonds. The zero-order valence-corrected chi connectivity index (χ0v) is 21.2. The van der Waals surface area contributed by atoms with Crippen LogP contribution in [0.4, 0.5) is 4.39 Å². The average Bonchev–Trinajstić information content (AvgIpc) is 3.51. The number of nitrogens with zero attached hydrogens (tertiary/aromatic N) is 1. The number of carbonyl (C=O) groups is 2. The number of rotatable bonds is 7. The van der Waals surface area contributed by atoms with Crippen LogP contribution in [0.15, 0.2) is 48.7 Å². The molecule has 0 bridgehead atoms. The van der Waals surface area contributed by atoms with Gasteiger partial charge in [0, 0.05) is 24.2 Å². The van der Waals surface area contributed by atoms with Crippen LogP contribution in [0.2, 0.25) is 0 Å². The number of aromatic nitrogens is 1. The number of nitrogens with one attached hydrogen (secondary N) is 1. The molecule has 0 radical (unpaired) electrons. The van der Waals surface area contributed by atoms with Crippen LogP contribution in [0.25, 0.3) is 10.9 Å². The largest absolute Gasteiger partial charge is 0.490 e. The second kappa shape index (κ2) is 9.51. The van der Waals surface area contributed by atoms with E-state index in [9.17, 15) is 14.0 Å². The fourth-order valence-corrected chi connectivity index (χ4v) is 6.68. The molecular formula is C30H33FN2O4. The maximum atomic E-state index is 14.7. The standard InChI is InChI=1S/C30H33FN2O4/c1-36-29(35)20-14-30(15-20)16-21(17-30)32-28(34)25-10-11-26(31)24-12-13-33(27(24)25)18-19-6-8-23(9-7-19)37-22-4-2-3-5-22/h6-13,20-22H,2-5,14-18H2,1H3,(H,32,34). The smallest absolute Gasteiger partial charge is 0.308 e. The lowest BCUT2D eigenvalue weighted by Crippen LogP contribution is -2.57. The van der Waals surface area contributed by atoms with Gasteiger partial charge in [-0.15, -0.1) is 0 Å². The Morgan fingerprint density at radius 2 is 1.76 bits per heavy atom. The molecular weight excluding hydrogens is 471 g/mol. The quantitative estimate of drug-likeness (QED) is 0.425. The summed E-state index contributed by atoms with van der Waals surface area (Å²) in [5.41, 5.74) is 2.29. The highest BCUT2D eigenvalue weighted by Crippen LogP contribution is 2.59. The summed E-state index contributed by atoms with van der Waals surface area (Å²) in [6, 6.07) is 12.8. The summed E-state index contributed by atoms with van der Waals surface area (Å²) in [5, 5.41) is 3.58. The number of fused-ring (bicyclic) bond motifs is 1. The molecule has 6 nitrogen and oxygen atoms in total. The number of esters is 1. The molecule has 194 valence electrons. The van der Waals surface area contributed by atoms with Gasteiger partial charge < -0.3 is 19.4 Å². The molecule has 6 rings (SSSR count). The van der Waals surface area contributed by atoms with Gasteiger partial charge in [-0.1, -0.05) is 12.1 Å². The zero-order chi connectivity index (χ0) is 25.6. The Morgan fingerprint density at radius 1 is 1.03 bits per heavy atom. The van der Waals surface area contributed by atoms with Gasteiger partial charge in [0.15, 0.2) is 0 Å². The highest BCUT2D eigenvalue weighted by atomic mass is 19.1. The van der Waals surface area contributed by atoms with Crippen LogP contribution in [0.3, 0.4) is 0 Å². The van der Waals surface area contributed by atoms with E-state index in [2.05, 4.69) is 5.32 Å². The van der Waals surface area contributed by atoms with E-state index in [1.54, 1.807) is 12.1 Å². The van der Waals surface area contributed by atoms with Crippen molar-refractivity contribution in [2.45, 2.75) is 70.1 Å². The van der Waals surface area contributed by atoms with Crippen LogP contribution >= 0.6 is 0 Å². The highest BCUT2D eigenvalue weighted by molar-refractivity contribution is 6.06. The van der Waals surface area contributed by atoms with E-state index < -0.39 is 0 Å². The van der Waals surface area contributed by atoms with Crippen molar-refractivity contribution in [3.8, 4) is 5.75 Å². The van der Waals surface area contributed by atoms with Crippen molar-refractivity contribution in [3.05, 3.63) is 65.6 Å². The molecule has 0 unspecified atom stereocenters. The van der Waals surface area contributed by atoms with Gasteiger partial charge in [-0.25, -0.2) is 4.39 Å². The number of carbonyl (C=O) groups excluding carboxylic acids is 2. The van der Waals surface area contributed by atoms with E-state index >= 15 is 0 Å². The predicted octanol–water partition coefficient (Wildman–Crippen LogP) is 5.61. The molecule has 3 saturated carbocycles. The monoisotopic (exact) mass is 504 g/mol. The fraction of sp³-hybridized carbons (Fsp3) is 0.467. The first-order valence-electron chi connectivity index (χ1n) is 13.3. The third-order valence-corrected chi connectivity index (χ3v) is 8.59. The van der Waals surface area contributed by atoms with Crippen molar-refractivity contribution in [3.63, 3.8) is 0 Å². The first-order chi connectivity index (χ1) is 17.9. The van der Waals surface area contributed by atoms with Crippen molar-refractivity contribution in [1.82, 2.24) is 9.88 Å². The molecule has 0 aliphatic heterocycles. The van der Waals surface area contributed by atoms with Gasteiger partial charge in [0.1, 0.15) is 11.6 Å². The lowest BCUT2D eigenvalue weighted by atomic mass is 9.50. The molecule has 1 N–H and O–H groups in total. The van der Waals surface area contributed by atoms with Gasteiger partial charge in [0.05, 0.1) is 30.2 Å². The third kappa shape index (κ3) is 4.60.